The van der Waals surface area contributed by atoms with Crippen molar-refractivity contribution in [1.82, 2.24) is 15.5 Å². The summed E-state index contributed by atoms with van der Waals surface area (Å²) in [6.07, 6.45) is 5.35. The van der Waals surface area contributed by atoms with Crippen molar-refractivity contribution in [1.29, 1.82) is 0 Å². The lowest BCUT2D eigenvalue weighted by Crippen LogP contribution is -2.27. The molecule has 0 saturated carbocycles. The second-order valence-electron chi connectivity index (χ2n) is 4.78. The molecule has 0 radical (unpaired) electrons. The second-order valence-corrected chi connectivity index (χ2v) is 4.78. The van der Waals surface area contributed by atoms with Crippen LogP contribution >= 0.6 is 0 Å². The molecule has 0 spiro atoms. The number of nitrogens with one attached hydrogen (secondary N) is 1. The summed E-state index contributed by atoms with van der Waals surface area (Å²) in [5.74, 6) is 2.36. The smallest absolute Gasteiger partial charge is 0.226 e. The maximum Gasteiger partial charge on any atom is 0.226 e. The summed E-state index contributed by atoms with van der Waals surface area (Å²) in [6, 6.07) is 0. The Labute approximate surface area is 108 Å². The van der Waals surface area contributed by atoms with E-state index in [0.29, 0.717) is 6.61 Å². The molecule has 1 N–H and O–H groups in total. The first-order chi connectivity index (χ1) is 8.88. The number of ether oxygens (including phenoxy) is 1. The van der Waals surface area contributed by atoms with E-state index in [1.54, 1.807) is 0 Å². The van der Waals surface area contributed by atoms with Crippen molar-refractivity contribution in [3.8, 4) is 0 Å². The van der Waals surface area contributed by atoms with E-state index in [2.05, 4.69) is 15.5 Å². The number of hydrogen-bond acceptors (Lipinski definition) is 5. The third-order valence-corrected chi connectivity index (χ3v) is 3.41. The van der Waals surface area contributed by atoms with E-state index < -0.39 is 0 Å². The normalized spacial score (nSPS) is 17.2. The Morgan fingerprint density at radius 2 is 2.17 bits per heavy atom. The van der Waals surface area contributed by atoms with Gasteiger partial charge >= 0.3 is 0 Å². The fourth-order valence-corrected chi connectivity index (χ4v) is 2.30. The lowest BCUT2D eigenvalue weighted by molar-refractivity contribution is 0.149. The summed E-state index contributed by atoms with van der Waals surface area (Å²) in [5, 5.41) is 7.35. The van der Waals surface area contributed by atoms with Crippen molar-refractivity contribution in [2.24, 2.45) is 5.92 Å². The molecule has 2 heterocycles. The molecule has 5 nitrogen and oxygen atoms in total. The molecule has 0 atom stereocenters. The number of rotatable bonds is 7. The van der Waals surface area contributed by atoms with E-state index in [1.165, 1.54) is 12.8 Å². The maximum atomic E-state index is 5.27. The Kier molecular flexibility index (Phi) is 5.61. The van der Waals surface area contributed by atoms with Gasteiger partial charge in [-0.15, -0.1) is 0 Å². The average Bonchev–Trinajstić information content (AvgIpc) is 2.86. The Morgan fingerprint density at radius 3 is 2.94 bits per heavy atom. The standard InChI is InChI=1S/C13H23N3O2/c1-2-17-10-7-12-15-13(18-16-12)4-3-11-5-8-14-9-6-11/h11,14H,2-10H2,1H3. The second kappa shape index (κ2) is 7.48. The van der Waals surface area contributed by atoms with Crippen molar-refractivity contribution in [3.05, 3.63) is 11.7 Å². The van der Waals surface area contributed by atoms with Crippen LogP contribution in [-0.2, 0) is 17.6 Å². The Hall–Kier alpha value is -0.940. The molecule has 1 aromatic heterocycles. The van der Waals surface area contributed by atoms with Gasteiger partial charge < -0.3 is 14.6 Å². The van der Waals surface area contributed by atoms with Gasteiger partial charge in [-0.1, -0.05) is 5.16 Å². The van der Waals surface area contributed by atoms with Gasteiger partial charge in [-0.25, -0.2) is 0 Å². The Balaban J connectivity index is 1.69. The van der Waals surface area contributed by atoms with Crippen LogP contribution in [0.25, 0.3) is 0 Å². The van der Waals surface area contributed by atoms with Crippen LogP contribution in [0.1, 0.15) is 37.9 Å². The number of piperidine rings is 1. The van der Waals surface area contributed by atoms with E-state index >= 15 is 0 Å². The molecule has 18 heavy (non-hydrogen) atoms. The zero-order chi connectivity index (χ0) is 12.6. The number of aryl methyl sites for hydroxylation is 1. The number of aromatic nitrogens is 2. The van der Waals surface area contributed by atoms with Crippen LogP contribution in [0, 0.1) is 5.92 Å². The molecule has 1 aliphatic rings. The summed E-state index contributed by atoms with van der Waals surface area (Å²) in [5.41, 5.74) is 0. The first kappa shape index (κ1) is 13.5. The summed E-state index contributed by atoms with van der Waals surface area (Å²) in [4.78, 5) is 4.39. The molecule has 0 aliphatic carbocycles. The van der Waals surface area contributed by atoms with Gasteiger partial charge in [0.25, 0.3) is 0 Å². The van der Waals surface area contributed by atoms with E-state index in [4.69, 9.17) is 9.26 Å². The lowest BCUT2D eigenvalue weighted by atomic mass is 9.93. The monoisotopic (exact) mass is 253 g/mol. The first-order valence-corrected chi connectivity index (χ1v) is 6.98. The average molecular weight is 253 g/mol. The summed E-state index contributed by atoms with van der Waals surface area (Å²) >= 11 is 0. The minimum absolute atomic E-state index is 0.670. The van der Waals surface area contributed by atoms with Gasteiger partial charge in [0.1, 0.15) is 0 Å². The van der Waals surface area contributed by atoms with Gasteiger partial charge in [0.05, 0.1) is 6.61 Å². The highest BCUT2D eigenvalue weighted by Crippen LogP contribution is 2.18. The van der Waals surface area contributed by atoms with Crippen molar-refractivity contribution in [2.45, 2.75) is 39.0 Å². The Morgan fingerprint density at radius 1 is 1.33 bits per heavy atom. The predicted octanol–water partition coefficient (Wildman–Crippen LogP) is 1.58. The van der Waals surface area contributed by atoms with Crippen LogP contribution < -0.4 is 5.32 Å². The predicted molar refractivity (Wildman–Crippen MR) is 68.4 cm³/mol. The third kappa shape index (κ3) is 4.38. The van der Waals surface area contributed by atoms with Crippen LogP contribution in [-0.4, -0.2) is 36.4 Å². The number of nitrogens with zero attached hydrogens (tertiary/aromatic N) is 2. The lowest BCUT2D eigenvalue weighted by Gasteiger charge is -2.21. The van der Waals surface area contributed by atoms with Crippen LogP contribution in [0.15, 0.2) is 4.52 Å². The molecule has 2 rings (SSSR count). The highest BCUT2D eigenvalue weighted by molar-refractivity contribution is 4.87. The van der Waals surface area contributed by atoms with E-state index in [0.717, 1.165) is 56.6 Å². The SMILES string of the molecule is CCOCCc1noc(CCC2CCNCC2)n1. The molecule has 1 aromatic rings. The molecule has 102 valence electrons. The van der Waals surface area contributed by atoms with E-state index in [1.807, 2.05) is 6.92 Å². The molecule has 1 saturated heterocycles. The molecular formula is C13H23N3O2. The van der Waals surface area contributed by atoms with Gasteiger partial charge in [-0.2, -0.15) is 4.98 Å². The summed E-state index contributed by atoms with van der Waals surface area (Å²) in [6.45, 7) is 5.69. The van der Waals surface area contributed by atoms with Crippen molar-refractivity contribution in [3.63, 3.8) is 0 Å². The van der Waals surface area contributed by atoms with Crippen LogP contribution in [0.3, 0.4) is 0 Å². The zero-order valence-corrected chi connectivity index (χ0v) is 11.2. The van der Waals surface area contributed by atoms with Gasteiger partial charge in [0.15, 0.2) is 5.82 Å². The Bertz CT molecular complexity index is 335. The van der Waals surface area contributed by atoms with Gasteiger partial charge in [-0.05, 0) is 45.2 Å². The van der Waals surface area contributed by atoms with Gasteiger partial charge in [0.2, 0.25) is 5.89 Å². The topological polar surface area (TPSA) is 60.2 Å². The van der Waals surface area contributed by atoms with Crippen molar-refractivity contribution in [2.75, 3.05) is 26.3 Å². The fraction of sp³-hybridized carbons (Fsp3) is 0.846. The first-order valence-electron chi connectivity index (χ1n) is 6.98. The zero-order valence-electron chi connectivity index (χ0n) is 11.2. The molecule has 0 bridgehead atoms. The van der Waals surface area contributed by atoms with Gasteiger partial charge in [-0.3, -0.25) is 0 Å². The minimum atomic E-state index is 0.670. The quantitative estimate of drug-likeness (QED) is 0.748. The summed E-state index contributed by atoms with van der Waals surface area (Å²) < 4.78 is 10.5. The van der Waals surface area contributed by atoms with Crippen LogP contribution in [0.4, 0.5) is 0 Å². The van der Waals surface area contributed by atoms with Crippen LogP contribution in [0.2, 0.25) is 0 Å². The molecule has 0 aromatic carbocycles. The molecule has 5 heteroatoms. The molecule has 1 aliphatic heterocycles. The summed E-state index contributed by atoms with van der Waals surface area (Å²) in [7, 11) is 0. The number of hydrogen-bond donors (Lipinski definition) is 1. The van der Waals surface area contributed by atoms with E-state index in [9.17, 15) is 0 Å². The van der Waals surface area contributed by atoms with Crippen LogP contribution in [0.5, 0.6) is 0 Å². The largest absolute Gasteiger partial charge is 0.381 e. The van der Waals surface area contributed by atoms with Crippen molar-refractivity contribution < 1.29 is 9.26 Å². The highest BCUT2D eigenvalue weighted by atomic mass is 16.5. The molecule has 0 unspecified atom stereocenters. The third-order valence-electron chi connectivity index (χ3n) is 3.41. The fourth-order valence-electron chi connectivity index (χ4n) is 2.30. The molecule has 1 fully saturated rings. The highest BCUT2D eigenvalue weighted by Gasteiger charge is 2.14. The van der Waals surface area contributed by atoms with Crippen molar-refractivity contribution >= 4 is 0 Å². The molecular weight excluding hydrogens is 230 g/mol. The molecule has 0 amide bonds. The van der Waals surface area contributed by atoms with Gasteiger partial charge in [0, 0.05) is 19.4 Å². The minimum Gasteiger partial charge on any atom is -0.381 e. The van der Waals surface area contributed by atoms with E-state index in [-0.39, 0.29) is 0 Å². The maximum absolute atomic E-state index is 5.27.